The van der Waals surface area contributed by atoms with Gasteiger partial charge in [0.2, 0.25) is 0 Å². The van der Waals surface area contributed by atoms with E-state index in [0.717, 1.165) is 13.2 Å². The van der Waals surface area contributed by atoms with Crippen LogP contribution in [0.15, 0.2) is 28.7 Å². The van der Waals surface area contributed by atoms with Gasteiger partial charge in [0.25, 0.3) is 0 Å². The highest BCUT2D eigenvalue weighted by atomic mass is 79.9. The first-order valence-corrected chi connectivity index (χ1v) is 8.38. The van der Waals surface area contributed by atoms with Crippen molar-refractivity contribution in [3.63, 3.8) is 0 Å². The molecule has 0 amide bonds. The first kappa shape index (κ1) is 20.5. The number of carbonyl (C=O) groups is 1. The molecule has 140 valence electrons. The second-order valence-electron chi connectivity index (χ2n) is 5.36. The van der Waals surface area contributed by atoms with Gasteiger partial charge in [-0.1, -0.05) is 39.7 Å². The molecule has 0 aliphatic carbocycles. The molecule has 2 aromatic rings. The maximum atomic E-state index is 14.6. The van der Waals surface area contributed by atoms with Crippen molar-refractivity contribution in [2.75, 3.05) is 12.4 Å². The van der Waals surface area contributed by atoms with E-state index in [4.69, 9.17) is 16.3 Å². The van der Waals surface area contributed by atoms with Crippen molar-refractivity contribution in [2.45, 2.75) is 19.1 Å². The Kier molecular flexibility index (Phi) is 6.18. The molecule has 2 rings (SSSR count). The predicted molar refractivity (Wildman–Crippen MR) is 94.6 cm³/mol. The zero-order valence-corrected chi connectivity index (χ0v) is 15.9. The van der Waals surface area contributed by atoms with Gasteiger partial charge in [-0.3, -0.25) is 4.79 Å². The van der Waals surface area contributed by atoms with Crippen molar-refractivity contribution < 1.29 is 27.1 Å². The third-order valence-corrected chi connectivity index (χ3v) is 4.93. The van der Waals surface area contributed by atoms with Crippen molar-refractivity contribution in [3.8, 4) is 5.75 Å². The van der Waals surface area contributed by atoms with E-state index in [-0.39, 0.29) is 16.1 Å². The van der Waals surface area contributed by atoms with Crippen molar-refractivity contribution in [3.05, 3.63) is 56.3 Å². The average Bonchev–Trinajstić information content (AvgIpc) is 2.56. The predicted octanol–water partition coefficient (Wildman–Crippen LogP) is 6.09. The molecule has 0 radical (unpaired) electrons. The van der Waals surface area contributed by atoms with Crippen molar-refractivity contribution in [1.29, 1.82) is 0 Å². The first-order chi connectivity index (χ1) is 12.1. The lowest BCUT2D eigenvalue weighted by Crippen LogP contribution is -2.29. The molecule has 0 saturated heterocycles. The number of halogens is 6. The fraction of sp³-hybridized carbons (Fsp3) is 0.235. The smallest absolute Gasteiger partial charge is 0.412 e. The van der Waals surface area contributed by atoms with Gasteiger partial charge in [-0.2, -0.15) is 13.2 Å². The Morgan fingerprint density at radius 1 is 1.35 bits per heavy atom. The minimum absolute atomic E-state index is 0.0965. The molecule has 26 heavy (non-hydrogen) atoms. The molecule has 0 aromatic heterocycles. The number of hydrogen-bond acceptors (Lipinski definition) is 3. The molecule has 1 N–H and O–H groups in total. The van der Waals surface area contributed by atoms with Crippen LogP contribution < -0.4 is 10.1 Å². The summed E-state index contributed by atoms with van der Waals surface area (Å²) in [6.45, 7) is 1.51. The number of benzene rings is 2. The first-order valence-electron chi connectivity index (χ1n) is 7.21. The van der Waals surface area contributed by atoms with Crippen LogP contribution in [0.4, 0.5) is 23.2 Å². The van der Waals surface area contributed by atoms with E-state index in [1.807, 2.05) is 0 Å². The molecule has 1 atom stereocenters. The molecule has 0 fully saturated rings. The highest BCUT2D eigenvalue weighted by molar-refractivity contribution is 9.10. The largest absolute Gasteiger partial charge is 0.493 e. The fourth-order valence-corrected chi connectivity index (χ4v) is 3.10. The summed E-state index contributed by atoms with van der Waals surface area (Å²) in [5.74, 6) is -1.66. The van der Waals surface area contributed by atoms with Crippen LogP contribution in [-0.4, -0.2) is 19.6 Å². The maximum Gasteiger partial charge on any atom is 0.412 e. The summed E-state index contributed by atoms with van der Waals surface area (Å²) in [6, 6.07) is 3.15. The van der Waals surface area contributed by atoms with Gasteiger partial charge < -0.3 is 10.1 Å². The van der Waals surface area contributed by atoms with Crippen LogP contribution >= 0.6 is 27.5 Å². The Morgan fingerprint density at radius 2 is 2.00 bits per heavy atom. The van der Waals surface area contributed by atoms with E-state index in [2.05, 4.69) is 21.2 Å². The SMILES string of the molecule is COc1c(C=O)cc(Cl)c(NC(c2cccc(Br)c2C)C(F)(F)F)c1F. The summed E-state index contributed by atoms with van der Waals surface area (Å²) in [5.41, 5.74) is -0.560. The number of aldehydes is 1. The van der Waals surface area contributed by atoms with Gasteiger partial charge in [0.1, 0.15) is 6.04 Å². The Morgan fingerprint density at radius 3 is 2.54 bits per heavy atom. The van der Waals surface area contributed by atoms with E-state index in [9.17, 15) is 22.4 Å². The summed E-state index contributed by atoms with van der Waals surface area (Å²) >= 11 is 9.08. The van der Waals surface area contributed by atoms with Gasteiger partial charge in [-0.25, -0.2) is 4.39 Å². The van der Waals surface area contributed by atoms with Gasteiger partial charge in [-0.05, 0) is 30.2 Å². The second-order valence-corrected chi connectivity index (χ2v) is 6.62. The molecule has 0 saturated carbocycles. The van der Waals surface area contributed by atoms with Crippen LogP contribution in [0.1, 0.15) is 27.5 Å². The van der Waals surface area contributed by atoms with E-state index in [0.29, 0.717) is 16.3 Å². The third kappa shape index (κ3) is 3.96. The molecule has 2 aromatic carbocycles. The molecule has 0 aliphatic rings. The molecule has 0 aliphatic heterocycles. The van der Waals surface area contributed by atoms with E-state index in [1.165, 1.54) is 19.1 Å². The number of methoxy groups -OCH3 is 1. The lowest BCUT2D eigenvalue weighted by Gasteiger charge is -2.26. The quantitative estimate of drug-likeness (QED) is 0.439. The van der Waals surface area contributed by atoms with Crippen LogP contribution in [0.3, 0.4) is 0 Å². The number of hydrogen-bond donors (Lipinski definition) is 1. The third-order valence-electron chi connectivity index (χ3n) is 3.77. The van der Waals surface area contributed by atoms with E-state index >= 15 is 0 Å². The fourth-order valence-electron chi connectivity index (χ4n) is 2.46. The molecule has 0 bridgehead atoms. The van der Waals surface area contributed by atoms with Crippen LogP contribution in [0.5, 0.6) is 5.75 Å². The number of carbonyl (C=O) groups excluding carboxylic acids is 1. The normalized spacial score (nSPS) is 12.6. The van der Waals surface area contributed by atoms with Gasteiger partial charge in [0, 0.05) is 4.47 Å². The van der Waals surface area contributed by atoms with Crippen LogP contribution in [-0.2, 0) is 0 Å². The zero-order valence-electron chi connectivity index (χ0n) is 13.5. The minimum Gasteiger partial charge on any atom is -0.493 e. The molecule has 3 nitrogen and oxygen atoms in total. The zero-order chi connectivity index (χ0) is 19.6. The summed E-state index contributed by atoms with van der Waals surface area (Å²) in [7, 11) is 1.10. The Hall–Kier alpha value is -1.80. The monoisotopic (exact) mass is 453 g/mol. The summed E-state index contributed by atoms with van der Waals surface area (Å²) in [4.78, 5) is 11.0. The second kappa shape index (κ2) is 7.84. The van der Waals surface area contributed by atoms with Gasteiger partial charge in [0.05, 0.1) is 23.4 Å². The number of alkyl halides is 3. The molecule has 0 heterocycles. The average molecular weight is 455 g/mol. The van der Waals surface area contributed by atoms with Gasteiger partial charge in [0.15, 0.2) is 17.9 Å². The molecule has 9 heteroatoms. The topological polar surface area (TPSA) is 38.3 Å². The number of rotatable bonds is 5. The highest BCUT2D eigenvalue weighted by Crippen LogP contribution is 2.42. The molecule has 0 spiro atoms. The molecule has 1 unspecified atom stereocenters. The van der Waals surface area contributed by atoms with E-state index < -0.39 is 29.5 Å². The lowest BCUT2D eigenvalue weighted by atomic mass is 10.00. The van der Waals surface area contributed by atoms with Crippen molar-refractivity contribution in [2.24, 2.45) is 0 Å². The van der Waals surface area contributed by atoms with E-state index in [1.54, 1.807) is 6.07 Å². The molecular weight excluding hydrogens is 442 g/mol. The van der Waals surface area contributed by atoms with Crippen LogP contribution in [0.2, 0.25) is 5.02 Å². The minimum atomic E-state index is -4.74. The van der Waals surface area contributed by atoms with Crippen molar-refractivity contribution >= 4 is 39.5 Å². The Bertz CT molecular complexity index is 842. The Labute approximate surface area is 160 Å². The lowest BCUT2D eigenvalue weighted by molar-refractivity contribution is -0.144. The number of ether oxygens (including phenoxy) is 1. The summed E-state index contributed by atoms with van der Waals surface area (Å²) < 4.78 is 60.9. The van der Waals surface area contributed by atoms with Crippen molar-refractivity contribution in [1.82, 2.24) is 0 Å². The van der Waals surface area contributed by atoms with Gasteiger partial charge in [-0.15, -0.1) is 0 Å². The summed E-state index contributed by atoms with van der Waals surface area (Å²) in [5, 5.41) is 1.75. The standard InChI is InChI=1S/C17H13BrClF4NO2/c1-8-10(4-3-5-11(8)18)16(17(21,22)23)24-14-12(19)6-9(7-25)15(26-2)13(14)20/h3-7,16,24H,1-2H3. The summed E-state index contributed by atoms with van der Waals surface area (Å²) in [6.07, 6.45) is -4.44. The number of anilines is 1. The highest BCUT2D eigenvalue weighted by Gasteiger charge is 2.42. The number of nitrogens with one attached hydrogen (secondary N) is 1. The Balaban J connectivity index is 2.61. The molecular formula is C17H13BrClF4NO2. The van der Waals surface area contributed by atoms with Crippen LogP contribution in [0.25, 0.3) is 0 Å². The maximum absolute atomic E-state index is 14.6. The van der Waals surface area contributed by atoms with Crippen LogP contribution in [0, 0.1) is 12.7 Å². The van der Waals surface area contributed by atoms with Gasteiger partial charge >= 0.3 is 6.18 Å².